The van der Waals surface area contributed by atoms with Crippen LogP contribution >= 0.6 is 0 Å². The van der Waals surface area contributed by atoms with Crippen molar-refractivity contribution in [3.8, 4) is 17.0 Å². The lowest BCUT2D eigenvalue weighted by atomic mass is 10.0. The number of benzene rings is 2. The second kappa shape index (κ2) is 10.9. The van der Waals surface area contributed by atoms with E-state index in [4.69, 9.17) is 9.47 Å². The van der Waals surface area contributed by atoms with Crippen molar-refractivity contribution >= 4 is 16.8 Å². The van der Waals surface area contributed by atoms with Gasteiger partial charge in [-0.1, -0.05) is 6.07 Å². The topological polar surface area (TPSA) is 92.4 Å². The lowest BCUT2D eigenvalue weighted by Crippen LogP contribution is -2.35. The monoisotopic (exact) mass is 485 g/mol. The molecule has 2 aromatic heterocycles. The summed E-state index contributed by atoms with van der Waals surface area (Å²) < 4.78 is 11.5. The van der Waals surface area contributed by atoms with Crippen molar-refractivity contribution in [1.82, 2.24) is 25.4 Å². The molecule has 0 radical (unpaired) electrons. The van der Waals surface area contributed by atoms with Crippen LogP contribution in [0.3, 0.4) is 0 Å². The maximum absolute atomic E-state index is 13.1. The molecule has 1 amide bonds. The first-order valence-electron chi connectivity index (χ1n) is 12.2. The van der Waals surface area contributed by atoms with Gasteiger partial charge in [-0.15, -0.1) is 0 Å². The lowest BCUT2D eigenvalue weighted by molar-refractivity contribution is 0.0894. The van der Waals surface area contributed by atoms with Gasteiger partial charge in [0.15, 0.2) is 0 Å². The van der Waals surface area contributed by atoms with Gasteiger partial charge in [-0.25, -0.2) is 0 Å². The first kappa shape index (κ1) is 24.0. The molecule has 3 heterocycles. The Hall–Kier alpha value is -3.75. The van der Waals surface area contributed by atoms with Crippen molar-refractivity contribution in [2.75, 3.05) is 33.9 Å². The molecule has 5 rings (SSSR count). The number of nitrogens with zero attached hydrogens (tertiary/aromatic N) is 3. The number of methoxy groups -OCH3 is 1. The van der Waals surface area contributed by atoms with E-state index in [0.29, 0.717) is 12.2 Å². The van der Waals surface area contributed by atoms with E-state index in [2.05, 4.69) is 32.4 Å². The molecule has 1 fully saturated rings. The average Bonchev–Trinajstić information content (AvgIpc) is 3.34. The summed E-state index contributed by atoms with van der Waals surface area (Å²) in [6, 6.07) is 18.8. The quantitative estimate of drug-likeness (QED) is 0.388. The zero-order chi connectivity index (χ0) is 24.9. The average molecular weight is 486 g/mol. The summed E-state index contributed by atoms with van der Waals surface area (Å²) in [5.74, 6) is 0.672. The molecule has 8 heteroatoms. The number of amides is 1. The largest absolute Gasteiger partial charge is 0.490 e. The van der Waals surface area contributed by atoms with E-state index in [-0.39, 0.29) is 18.1 Å². The zero-order valence-corrected chi connectivity index (χ0v) is 20.6. The van der Waals surface area contributed by atoms with Crippen LogP contribution in [0.2, 0.25) is 0 Å². The van der Waals surface area contributed by atoms with E-state index < -0.39 is 0 Å². The molecule has 0 spiro atoms. The van der Waals surface area contributed by atoms with Gasteiger partial charge >= 0.3 is 0 Å². The van der Waals surface area contributed by atoms with Crippen molar-refractivity contribution in [2.45, 2.75) is 25.0 Å². The van der Waals surface area contributed by atoms with Crippen molar-refractivity contribution in [1.29, 1.82) is 0 Å². The number of carbonyl (C=O) groups excluding carboxylic acids is 1. The van der Waals surface area contributed by atoms with Gasteiger partial charge in [-0.3, -0.25) is 14.9 Å². The Morgan fingerprint density at radius 1 is 1.14 bits per heavy atom. The van der Waals surface area contributed by atoms with Crippen molar-refractivity contribution in [3.05, 3.63) is 78.1 Å². The Morgan fingerprint density at radius 2 is 1.94 bits per heavy atom. The maximum atomic E-state index is 13.1. The smallest absolute Gasteiger partial charge is 0.251 e. The highest BCUT2D eigenvalue weighted by Crippen LogP contribution is 2.29. The molecule has 0 bridgehead atoms. The van der Waals surface area contributed by atoms with Gasteiger partial charge in [-0.05, 0) is 74.5 Å². The number of H-pyrrole nitrogens is 1. The summed E-state index contributed by atoms with van der Waals surface area (Å²) in [5, 5.41) is 11.5. The number of hydrogen-bond donors (Lipinski definition) is 2. The molecule has 186 valence electrons. The summed E-state index contributed by atoms with van der Waals surface area (Å²) >= 11 is 0. The molecule has 1 aliphatic heterocycles. The molecule has 1 atom stereocenters. The van der Waals surface area contributed by atoms with Gasteiger partial charge in [0.1, 0.15) is 11.9 Å². The molecule has 0 saturated carbocycles. The van der Waals surface area contributed by atoms with Crippen LogP contribution in [0.4, 0.5) is 0 Å². The van der Waals surface area contributed by atoms with Gasteiger partial charge in [-0.2, -0.15) is 5.10 Å². The molecule has 1 saturated heterocycles. The SMILES string of the molecule is COC[C@@H](NC(=O)c1ccc2[nH]nc(-c3ccc(OC4CCN(C)CC4)cc3)c2c1)c1ccccn1. The highest BCUT2D eigenvalue weighted by Gasteiger charge is 2.20. The van der Waals surface area contributed by atoms with E-state index >= 15 is 0 Å². The first-order chi connectivity index (χ1) is 17.6. The molecule has 0 unspecified atom stereocenters. The minimum atomic E-state index is -0.347. The zero-order valence-electron chi connectivity index (χ0n) is 20.6. The Bertz CT molecular complexity index is 1300. The van der Waals surface area contributed by atoms with E-state index in [0.717, 1.165) is 59.5 Å². The molecule has 0 aliphatic carbocycles. The number of carbonyl (C=O) groups is 1. The van der Waals surface area contributed by atoms with Crippen molar-refractivity contribution < 1.29 is 14.3 Å². The Kier molecular flexibility index (Phi) is 7.25. The second-order valence-electron chi connectivity index (χ2n) is 9.21. The summed E-state index contributed by atoms with van der Waals surface area (Å²) in [6.45, 7) is 2.45. The van der Waals surface area contributed by atoms with E-state index in [1.54, 1.807) is 19.4 Å². The van der Waals surface area contributed by atoms with E-state index in [1.807, 2.05) is 54.6 Å². The fourth-order valence-corrected chi connectivity index (χ4v) is 4.55. The van der Waals surface area contributed by atoms with E-state index in [9.17, 15) is 4.79 Å². The third-order valence-electron chi connectivity index (χ3n) is 6.60. The van der Waals surface area contributed by atoms with Gasteiger partial charge in [0.2, 0.25) is 0 Å². The van der Waals surface area contributed by atoms with Gasteiger partial charge in [0, 0.05) is 42.9 Å². The number of nitrogens with one attached hydrogen (secondary N) is 2. The van der Waals surface area contributed by atoms with Crippen LogP contribution in [-0.2, 0) is 4.74 Å². The van der Waals surface area contributed by atoms with Crippen LogP contribution in [0.15, 0.2) is 66.9 Å². The molecule has 8 nitrogen and oxygen atoms in total. The number of aromatic amines is 1. The van der Waals surface area contributed by atoms with Crippen LogP contribution in [-0.4, -0.2) is 65.9 Å². The Morgan fingerprint density at radius 3 is 2.67 bits per heavy atom. The van der Waals surface area contributed by atoms with Gasteiger partial charge in [0.05, 0.1) is 29.6 Å². The predicted octanol–water partition coefficient (Wildman–Crippen LogP) is 4.22. The third kappa shape index (κ3) is 5.40. The summed E-state index contributed by atoms with van der Waals surface area (Å²) in [4.78, 5) is 19.8. The summed E-state index contributed by atoms with van der Waals surface area (Å²) in [5.41, 5.74) is 3.92. The van der Waals surface area contributed by atoms with Crippen molar-refractivity contribution in [2.24, 2.45) is 0 Å². The number of rotatable bonds is 8. The number of pyridine rings is 1. The molecule has 2 aromatic carbocycles. The number of piperidine rings is 1. The standard InChI is InChI=1S/C28H31N5O3/c1-33-15-12-22(13-16-33)36-21-9-6-19(7-10-21)27-23-17-20(8-11-24(23)31-32-27)28(34)30-26(18-35-2)25-5-3-4-14-29-25/h3-11,14,17,22,26H,12-13,15-16,18H2,1-2H3,(H,30,34)(H,31,32)/t26-/m1/s1. The Balaban J connectivity index is 1.33. The molecule has 2 N–H and O–H groups in total. The van der Waals surface area contributed by atoms with E-state index in [1.165, 1.54) is 0 Å². The number of ether oxygens (including phenoxy) is 2. The maximum Gasteiger partial charge on any atom is 0.251 e. The molecule has 36 heavy (non-hydrogen) atoms. The van der Waals surface area contributed by atoms with Crippen LogP contribution in [0.5, 0.6) is 5.75 Å². The van der Waals surface area contributed by atoms with Gasteiger partial charge < -0.3 is 19.7 Å². The Labute approximate surface area is 210 Å². The first-order valence-corrected chi connectivity index (χ1v) is 12.2. The predicted molar refractivity (Wildman–Crippen MR) is 139 cm³/mol. The summed E-state index contributed by atoms with van der Waals surface area (Å²) in [6.07, 6.45) is 4.04. The minimum Gasteiger partial charge on any atom is -0.490 e. The normalized spacial score (nSPS) is 15.6. The fourth-order valence-electron chi connectivity index (χ4n) is 4.55. The minimum absolute atomic E-state index is 0.196. The van der Waals surface area contributed by atoms with Gasteiger partial charge in [0.25, 0.3) is 5.91 Å². The summed E-state index contributed by atoms with van der Waals surface area (Å²) in [7, 11) is 3.75. The van der Waals surface area contributed by atoms with Crippen molar-refractivity contribution in [3.63, 3.8) is 0 Å². The number of fused-ring (bicyclic) bond motifs is 1. The van der Waals surface area contributed by atoms with Crippen LogP contribution < -0.4 is 10.1 Å². The third-order valence-corrected chi connectivity index (χ3v) is 6.60. The molecule has 4 aromatic rings. The lowest BCUT2D eigenvalue weighted by Gasteiger charge is -2.29. The molecular formula is C28H31N5O3. The second-order valence-corrected chi connectivity index (χ2v) is 9.21. The highest BCUT2D eigenvalue weighted by atomic mass is 16.5. The number of hydrogen-bond acceptors (Lipinski definition) is 6. The number of aromatic nitrogens is 3. The van der Waals surface area contributed by atoms with Crippen LogP contribution in [0.25, 0.3) is 22.2 Å². The molecular weight excluding hydrogens is 454 g/mol. The number of likely N-dealkylation sites (tertiary alicyclic amines) is 1. The van der Waals surface area contributed by atoms with Crippen LogP contribution in [0, 0.1) is 0 Å². The highest BCUT2D eigenvalue weighted by molar-refractivity contribution is 6.01. The van der Waals surface area contributed by atoms with Crippen LogP contribution in [0.1, 0.15) is 34.9 Å². The fraction of sp³-hybridized carbons (Fsp3) is 0.321. The molecule has 1 aliphatic rings.